The van der Waals surface area contributed by atoms with Crippen LogP contribution in [0.25, 0.3) is 5.82 Å². The summed E-state index contributed by atoms with van der Waals surface area (Å²) in [6.07, 6.45) is 2.73. The predicted molar refractivity (Wildman–Crippen MR) is 104 cm³/mol. The normalized spacial score (nSPS) is 15.6. The molecule has 0 saturated heterocycles. The summed E-state index contributed by atoms with van der Waals surface area (Å²) in [4.78, 5) is 24.4. The number of fused-ring (bicyclic) bond motifs is 1. The monoisotopic (exact) mass is 416 g/mol. The van der Waals surface area contributed by atoms with Gasteiger partial charge in [0, 0.05) is 25.1 Å². The van der Waals surface area contributed by atoms with Gasteiger partial charge in [-0.2, -0.15) is 5.10 Å². The Hall–Kier alpha value is -2.41. The first-order valence-electron chi connectivity index (χ1n) is 8.52. The first-order valence-corrected chi connectivity index (χ1v) is 9.31. The van der Waals surface area contributed by atoms with Crippen molar-refractivity contribution in [3.05, 3.63) is 58.3 Å². The molecule has 1 heterocycles. The molecule has 0 saturated carbocycles. The SMILES string of the molecule is C=C(NCCCNC(=O)C1CC(=O)c2ccccc21)n1ncc(Br)c1C. The molecule has 3 rings (SSSR count). The lowest BCUT2D eigenvalue weighted by atomic mass is 10.0. The minimum absolute atomic E-state index is 0.0412. The van der Waals surface area contributed by atoms with E-state index in [-0.39, 0.29) is 24.0 Å². The van der Waals surface area contributed by atoms with Gasteiger partial charge >= 0.3 is 0 Å². The van der Waals surface area contributed by atoms with Crippen LogP contribution in [-0.2, 0) is 4.79 Å². The van der Waals surface area contributed by atoms with Gasteiger partial charge < -0.3 is 10.6 Å². The number of ketones is 1. The second-order valence-electron chi connectivity index (χ2n) is 6.27. The lowest BCUT2D eigenvalue weighted by Gasteiger charge is -2.13. The fourth-order valence-corrected chi connectivity index (χ4v) is 3.35. The van der Waals surface area contributed by atoms with Crippen LogP contribution in [-0.4, -0.2) is 34.6 Å². The van der Waals surface area contributed by atoms with Crippen LogP contribution in [0.5, 0.6) is 0 Å². The zero-order valence-corrected chi connectivity index (χ0v) is 16.2. The highest BCUT2D eigenvalue weighted by Crippen LogP contribution is 2.32. The van der Waals surface area contributed by atoms with Gasteiger partial charge in [-0.25, -0.2) is 4.68 Å². The Balaban J connectivity index is 1.43. The van der Waals surface area contributed by atoms with Crippen molar-refractivity contribution in [3.8, 4) is 0 Å². The van der Waals surface area contributed by atoms with Crippen molar-refractivity contribution in [2.75, 3.05) is 13.1 Å². The zero-order valence-electron chi connectivity index (χ0n) is 14.6. The van der Waals surface area contributed by atoms with E-state index in [0.717, 1.165) is 22.2 Å². The molecule has 136 valence electrons. The number of nitrogens with zero attached hydrogens (tertiary/aromatic N) is 2. The average Bonchev–Trinajstić information content (AvgIpc) is 3.15. The number of Topliss-reactive ketones (excluding diaryl/α,β-unsaturated/α-hetero) is 1. The van der Waals surface area contributed by atoms with E-state index in [0.29, 0.717) is 24.5 Å². The van der Waals surface area contributed by atoms with E-state index in [4.69, 9.17) is 0 Å². The molecule has 2 aromatic rings. The number of benzene rings is 1. The van der Waals surface area contributed by atoms with Gasteiger partial charge in [0.05, 0.1) is 22.3 Å². The highest BCUT2D eigenvalue weighted by molar-refractivity contribution is 9.10. The van der Waals surface area contributed by atoms with Crippen molar-refractivity contribution in [2.24, 2.45) is 0 Å². The van der Waals surface area contributed by atoms with Crippen LogP contribution < -0.4 is 10.6 Å². The maximum absolute atomic E-state index is 12.4. The molecule has 6 nitrogen and oxygen atoms in total. The van der Waals surface area contributed by atoms with Crippen LogP contribution in [0, 0.1) is 6.92 Å². The number of halogens is 1. The Bertz CT molecular complexity index is 859. The highest BCUT2D eigenvalue weighted by Gasteiger charge is 2.33. The second kappa shape index (κ2) is 7.86. The molecule has 26 heavy (non-hydrogen) atoms. The number of hydrogen-bond donors (Lipinski definition) is 2. The quantitative estimate of drug-likeness (QED) is 0.680. The molecule has 2 N–H and O–H groups in total. The van der Waals surface area contributed by atoms with Crippen LogP contribution in [0.3, 0.4) is 0 Å². The number of carbonyl (C=O) groups is 2. The molecular formula is C19H21BrN4O2. The summed E-state index contributed by atoms with van der Waals surface area (Å²) in [6.45, 7) is 7.12. The molecule has 0 spiro atoms. The summed E-state index contributed by atoms with van der Waals surface area (Å²) in [5.41, 5.74) is 2.48. The summed E-state index contributed by atoms with van der Waals surface area (Å²) in [7, 11) is 0. The molecule has 0 aliphatic heterocycles. The molecule has 7 heteroatoms. The summed E-state index contributed by atoms with van der Waals surface area (Å²) >= 11 is 3.42. The van der Waals surface area contributed by atoms with Crippen molar-refractivity contribution in [2.45, 2.75) is 25.7 Å². The van der Waals surface area contributed by atoms with Gasteiger partial charge in [0.25, 0.3) is 0 Å². The van der Waals surface area contributed by atoms with Crippen molar-refractivity contribution in [1.82, 2.24) is 20.4 Å². The summed E-state index contributed by atoms with van der Waals surface area (Å²) < 4.78 is 2.66. The van der Waals surface area contributed by atoms with Gasteiger partial charge in [0.1, 0.15) is 5.82 Å². The highest BCUT2D eigenvalue weighted by atomic mass is 79.9. The average molecular weight is 417 g/mol. The molecule has 1 aromatic heterocycles. The number of aromatic nitrogens is 2. The Labute approximate surface area is 160 Å². The van der Waals surface area contributed by atoms with Crippen LogP contribution in [0.15, 0.2) is 41.5 Å². The topological polar surface area (TPSA) is 76.0 Å². The molecular weight excluding hydrogens is 396 g/mol. The molecule has 1 aliphatic rings. The van der Waals surface area contributed by atoms with E-state index < -0.39 is 0 Å². The van der Waals surface area contributed by atoms with Gasteiger partial charge in [-0.1, -0.05) is 30.8 Å². The number of amides is 1. The van der Waals surface area contributed by atoms with Gasteiger partial charge in [-0.3, -0.25) is 9.59 Å². The third-order valence-corrected chi connectivity index (χ3v) is 5.31. The van der Waals surface area contributed by atoms with Crippen molar-refractivity contribution >= 4 is 33.4 Å². The molecule has 1 aromatic carbocycles. The number of carbonyl (C=O) groups excluding carboxylic acids is 2. The summed E-state index contributed by atoms with van der Waals surface area (Å²) in [5, 5.41) is 10.4. The van der Waals surface area contributed by atoms with E-state index in [1.807, 2.05) is 25.1 Å². The van der Waals surface area contributed by atoms with Crippen LogP contribution in [0.4, 0.5) is 0 Å². The lowest BCUT2D eigenvalue weighted by molar-refractivity contribution is -0.122. The third kappa shape index (κ3) is 3.72. The van der Waals surface area contributed by atoms with Crippen molar-refractivity contribution < 1.29 is 9.59 Å². The lowest BCUT2D eigenvalue weighted by Crippen LogP contribution is -2.31. The smallest absolute Gasteiger partial charge is 0.228 e. The Kier molecular flexibility index (Phi) is 5.56. The molecule has 1 unspecified atom stereocenters. The zero-order chi connectivity index (χ0) is 18.7. The van der Waals surface area contributed by atoms with E-state index in [9.17, 15) is 9.59 Å². The molecule has 1 aliphatic carbocycles. The number of hydrogen-bond acceptors (Lipinski definition) is 4. The fraction of sp³-hybridized carbons (Fsp3) is 0.316. The standard InChI is InChI=1S/C19H21BrN4O2/c1-12-17(20)11-23-24(12)13(2)21-8-5-9-22-19(26)16-10-18(25)15-7-4-3-6-14(15)16/h3-4,6-7,11,16,21H,2,5,8-10H2,1H3,(H,22,26). The van der Waals surface area contributed by atoms with Gasteiger partial charge in [0.2, 0.25) is 5.91 Å². The molecule has 1 amide bonds. The van der Waals surface area contributed by atoms with Gasteiger partial charge in [-0.15, -0.1) is 0 Å². The van der Waals surface area contributed by atoms with Crippen molar-refractivity contribution in [1.29, 1.82) is 0 Å². The number of nitrogens with one attached hydrogen (secondary N) is 2. The molecule has 0 radical (unpaired) electrons. The first kappa shape index (κ1) is 18.4. The van der Waals surface area contributed by atoms with E-state index in [1.54, 1.807) is 16.9 Å². The molecule has 1 atom stereocenters. The Morgan fingerprint density at radius 3 is 2.81 bits per heavy atom. The molecule has 0 fully saturated rings. The fourth-order valence-electron chi connectivity index (χ4n) is 3.09. The summed E-state index contributed by atoms with van der Waals surface area (Å²) in [5.74, 6) is 0.272. The Morgan fingerprint density at radius 1 is 1.35 bits per heavy atom. The predicted octanol–water partition coefficient (Wildman–Crippen LogP) is 2.85. The minimum atomic E-state index is -0.370. The first-order chi connectivity index (χ1) is 12.5. The van der Waals surface area contributed by atoms with Crippen molar-refractivity contribution in [3.63, 3.8) is 0 Å². The van der Waals surface area contributed by atoms with E-state index in [2.05, 4.69) is 38.2 Å². The molecule has 0 bridgehead atoms. The maximum atomic E-state index is 12.4. The second-order valence-corrected chi connectivity index (χ2v) is 7.13. The van der Waals surface area contributed by atoms with E-state index in [1.165, 1.54) is 0 Å². The van der Waals surface area contributed by atoms with Crippen LogP contribution >= 0.6 is 15.9 Å². The third-order valence-electron chi connectivity index (χ3n) is 4.53. The maximum Gasteiger partial charge on any atom is 0.228 e. The van der Waals surface area contributed by atoms with Crippen LogP contribution in [0.1, 0.15) is 40.4 Å². The number of rotatable bonds is 7. The van der Waals surface area contributed by atoms with Gasteiger partial charge in [-0.05, 0) is 34.8 Å². The van der Waals surface area contributed by atoms with Crippen LogP contribution in [0.2, 0.25) is 0 Å². The summed E-state index contributed by atoms with van der Waals surface area (Å²) in [6, 6.07) is 7.34. The van der Waals surface area contributed by atoms with E-state index >= 15 is 0 Å². The van der Waals surface area contributed by atoms with Gasteiger partial charge in [0.15, 0.2) is 5.78 Å². The minimum Gasteiger partial charge on any atom is -0.370 e. The largest absolute Gasteiger partial charge is 0.370 e. The Morgan fingerprint density at radius 2 is 2.08 bits per heavy atom.